The van der Waals surface area contributed by atoms with Gasteiger partial charge in [0, 0.05) is 13.7 Å². The van der Waals surface area contributed by atoms with E-state index in [0.717, 1.165) is 0 Å². The lowest BCUT2D eigenvalue weighted by Gasteiger charge is -2.23. The van der Waals surface area contributed by atoms with Gasteiger partial charge in [-0.15, -0.1) is 0 Å². The molecule has 0 aromatic rings. The zero-order valence-electron chi connectivity index (χ0n) is 10.2. The summed E-state index contributed by atoms with van der Waals surface area (Å²) in [7, 11) is 1.36. The molecule has 0 aromatic carbocycles. The van der Waals surface area contributed by atoms with Gasteiger partial charge in [-0.2, -0.15) is 0 Å². The van der Waals surface area contributed by atoms with Gasteiger partial charge in [0.15, 0.2) is 6.04 Å². The predicted molar refractivity (Wildman–Crippen MR) is 60.4 cm³/mol. The van der Waals surface area contributed by atoms with E-state index in [1.165, 1.54) is 7.11 Å². The van der Waals surface area contributed by atoms with Crippen molar-refractivity contribution in [1.29, 1.82) is 0 Å². The van der Waals surface area contributed by atoms with Gasteiger partial charge in [-0.3, -0.25) is 0 Å². The van der Waals surface area contributed by atoms with Crippen LogP contribution in [-0.4, -0.2) is 69.3 Å². The van der Waals surface area contributed by atoms with Crippen LogP contribution in [0.4, 0.5) is 4.79 Å². The van der Waals surface area contributed by atoms with Crippen LogP contribution in [0.25, 0.3) is 0 Å². The summed E-state index contributed by atoms with van der Waals surface area (Å²) in [5.41, 5.74) is 0. The van der Waals surface area contributed by atoms with E-state index in [2.05, 4.69) is 10.6 Å². The standard InChI is InChI=1S/C10H18N2O6/c1-16-6-8(9(13)14)12-10(15)11-4-7-5-17-2-3-18-7/h7-8H,2-6H2,1H3,(H,13,14)(H2,11,12,15). The maximum Gasteiger partial charge on any atom is 0.328 e. The summed E-state index contributed by atoms with van der Waals surface area (Å²) in [6, 6.07) is -1.65. The number of hydrogen-bond acceptors (Lipinski definition) is 5. The molecule has 3 N–H and O–H groups in total. The van der Waals surface area contributed by atoms with Crippen molar-refractivity contribution in [2.24, 2.45) is 0 Å². The second-order valence-electron chi connectivity index (χ2n) is 3.77. The molecule has 1 saturated heterocycles. The summed E-state index contributed by atoms with van der Waals surface area (Å²) < 4.78 is 15.2. The van der Waals surface area contributed by atoms with Crippen LogP contribution < -0.4 is 10.6 Å². The Kier molecular flexibility index (Phi) is 6.40. The second kappa shape index (κ2) is 7.85. The number of aliphatic carboxylic acids is 1. The van der Waals surface area contributed by atoms with E-state index in [1.807, 2.05) is 0 Å². The molecule has 2 unspecified atom stereocenters. The fourth-order valence-electron chi connectivity index (χ4n) is 1.41. The van der Waals surface area contributed by atoms with E-state index >= 15 is 0 Å². The lowest BCUT2D eigenvalue weighted by atomic mass is 10.3. The van der Waals surface area contributed by atoms with Crippen LogP contribution in [0.5, 0.6) is 0 Å². The number of urea groups is 1. The molecule has 0 aliphatic carbocycles. The fourth-order valence-corrected chi connectivity index (χ4v) is 1.41. The molecule has 2 amide bonds. The summed E-state index contributed by atoms with van der Waals surface area (Å²) in [5.74, 6) is -1.15. The highest BCUT2D eigenvalue weighted by Gasteiger charge is 2.20. The molecule has 0 bridgehead atoms. The number of carbonyl (C=O) groups excluding carboxylic acids is 1. The van der Waals surface area contributed by atoms with Crippen LogP contribution in [0.15, 0.2) is 0 Å². The predicted octanol–water partition coefficient (Wildman–Crippen LogP) is -1.20. The molecule has 1 rings (SSSR count). The fraction of sp³-hybridized carbons (Fsp3) is 0.800. The SMILES string of the molecule is COCC(NC(=O)NCC1COCCO1)C(=O)O. The van der Waals surface area contributed by atoms with Gasteiger partial charge in [0.1, 0.15) is 0 Å². The molecule has 0 saturated carbocycles. The van der Waals surface area contributed by atoms with Gasteiger partial charge in [0.2, 0.25) is 0 Å². The summed E-state index contributed by atoms with van der Waals surface area (Å²) in [6.07, 6.45) is -0.199. The van der Waals surface area contributed by atoms with E-state index in [1.54, 1.807) is 0 Å². The maximum atomic E-state index is 11.4. The first-order valence-corrected chi connectivity index (χ1v) is 5.59. The molecule has 8 heteroatoms. The van der Waals surface area contributed by atoms with Crippen molar-refractivity contribution in [1.82, 2.24) is 10.6 Å². The topological polar surface area (TPSA) is 106 Å². The Bertz CT molecular complexity index is 280. The molecule has 8 nitrogen and oxygen atoms in total. The first-order chi connectivity index (χ1) is 8.63. The van der Waals surface area contributed by atoms with Crippen molar-refractivity contribution in [3.05, 3.63) is 0 Å². The smallest absolute Gasteiger partial charge is 0.328 e. The Balaban J connectivity index is 2.24. The van der Waals surface area contributed by atoms with Crippen molar-refractivity contribution in [2.45, 2.75) is 12.1 Å². The first kappa shape index (κ1) is 14.7. The summed E-state index contributed by atoms with van der Waals surface area (Å²) in [4.78, 5) is 22.2. The van der Waals surface area contributed by atoms with Crippen molar-refractivity contribution in [3.63, 3.8) is 0 Å². The third-order valence-corrected chi connectivity index (χ3v) is 2.31. The Morgan fingerprint density at radius 2 is 2.28 bits per heavy atom. The Hall–Kier alpha value is -1.38. The lowest BCUT2D eigenvalue weighted by molar-refractivity contribution is -0.140. The largest absolute Gasteiger partial charge is 0.480 e. The number of carbonyl (C=O) groups is 2. The van der Waals surface area contributed by atoms with Crippen molar-refractivity contribution in [2.75, 3.05) is 40.1 Å². The van der Waals surface area contributed by atoms with E-state index in [-0.39, 0.29) is 19.3 Å². The summed E-state index contributed by atoms with van der Waals surface area (Å²) >= 11 is 0. The monoisotopic (exact) mass is 262 g/mol. The highest BCUT2D eigenvalue weighted by atomic mass is 16.6. The van der Waals surface area contributed by atoms with E-state index in [0.29, 0.717) is 19.8 Å². The molecule has 104 valence electrons. The first-order valence-electron chi connectivity index (χ1n) is 5.59. The molecular formula is C10H18N2O6. The third-order valence-electron chi connectivity index (χ3n) is 2.31. The zero-order chi connectivity index (χ0) is 13.4. The molecule has 1 fully saturated rings. The molecule has 18 heavy (non-hydrogen) atoms. The Morgan fingerprint density at radius 1 is 1.50 bits per heavy atom. The molecule has 1 heterocycles. The quantitative estimate of drug-likeness (QED) is 0.555. The minimum Gasteiger partial charge on any atom is -0.480 e. The van der Waals surface area contributed by atoms with Gasteiger partial charge in [-0.1, -0.05) is 0 Å². The number of carboxylic acid groups (broad SMARTS) is 1. The van der Waals surface area contributed by atoms with E-state index in [9.17, 15) is 9.59 Å². The summed E-state index contributed by atoms with van der Waals surface area (Å²) in [6.45, 7) is 1.64. The molecular weight excluding hydrogens is 244 g/mol. The molecule has 1 aliphatic rings. The normalized spacial score (nSPS) is 21.1. The lowest BCUT2D eigenvalue weighted by Crippen LogP contribution is -2.50. The van der Waals surface area contributed by atoms with Crippen molar-refractivity contribution in [3.8, 4) is 0 Å². The van der Waals surface area contributed by atoms with Crippen LogP contribution in [0.3, 0.4) is 0 Å². The van der Waals surface area contributed by atoms with Gasteiger partial charge in [0.25, 0.3) is 0 Å². The van der Waals surface area contributed by atoms with Gasteiger partial charge in [0.05, 0.1) is 32.5 Å². The van der Waals surface area contributed by atoms with Crippen LogP contribution in [0, 0.1) is 0 Å². The number of hydrogen-bond donors (Lipinski definition) is 3. The molecule has 0 radical (unpaired) electrons. The van der Waals surface area contributed by atoms with Crippen LogP contribution >= 0.6 is 0 Å². The number of ether oxygens (including phenoxy) is 3. The van der Waals surface area contributed by atoms with Crippen LogP contribution in [0.1, 0.15) is 0 Å². The highest BCUT2D eigenvalue weighted by Crippen LogP contribution is 1.98. The van der Waals surface area contributed by atoms with Crippen LogP contribution in [0.2, 0.25) is 0 Å². The Morgan fingerprint density at radius 3 is 2.83 bits per heavy atom. The average Bonchev–Trinajstić information content (AvgIpc) is 2.37. The van der Waals surface area contributed by atoms with Gasteiger partial charge in [-0.25, -0.2) is 9.59 Å². The van der Waals surface area contributed by atoms with Gasteiger partial charge in [-0.05, 0) is 0 Å². The minimum atomic E-state index is -1.15. The zero-order valence-corrected chi connectivity index (χ0v) is 10.2. The number of carboxylic acids is 1. The highest BCUT2D eigenvalue weighted by molar-refractivity contribution is 5.82. The number of amides is 2. The van der Waals surface area contributed by atoms with Crippen LogP contribution in [-0.2, 0) is 19.0 Å². The van der Waals surface area contributed by atoms with Crippen molar-refractivity contribution >= 4 is 12.0 Å². The minimum absolute atomic E-state index is 0.0915. The summed E-state index contributed by atoms with van der Waals surface area (Å²) in [5, 5.41) is 13.6. The molecule has 0 spiro atoms. The Labute approximate surface area is 105 Å². The molecule has 1 aliphatic heterocycles. The maximum absolute atomic E-state index is 11.4. The molecule has 0 aromatic heterocycles. The second-order valence-corrected chi connectivity index (χ2v) is 3.77. The number of methoxy groups -OCH3 is 1. The average molecular weight is 262 g/mol. The van der Waals surface area contributed by atoms with Crippen molar-refractivity contribution < 1.29 is 28.9 Å². The molecule has 2 atom stereocenters. The van der Waals surface area contributed by atoms with E-state index in [4.69, 9.17) is 19.3 Å². The number of nitrogens with one attached hydrogen (secondary N) is 2. The number of rotatable bonds is 6. The van der Waals surface area contributed by atoms with Gasteiger partial charge < -0.3 is 30.0 Å². The van der Waals surface area contributed by atoms with Gasteiger partial charge >= 0.3 is 12.0 Å². The van der Waals surface area contributed by atoms with E-state index < -0.39 is 18.0 Å². The third kappa shape index (κ3) is 5.30.